The molecule has 1 heterocycles. The first kappa shape index (κ1) is 27.0. The summed E-state index contributed by atoms with van der Waals surface area (Å²) in [6, 6.07) is 28.6. The van der Waals surface area contributed by atoms with Crippen molar-refractivity contribution >= 4 is 19.7 Å². The van der Waals surface area contributed by atoms with E-state index < -0.39 is 8.32 Å². The molecule has 0 bridgehead atoms. The summed E-state index contributed by atoms with van der Waals surface area (Å²) in [6.07, 6.45) is 6.30. The standard InChI is InChI=1S/C34H44N2OSi/c1-34(2,3)38(4,5)37-32-20-22-36(23-21-32)31-19-17-28-24-30(18-16-29(28)25-31)35-33(26-12-8-6-9-13-26)27-14-10-7-11-15-27/h6-16,18,24,31-32H,17,19-23,25H2,1-5H3. The monoisotopic (exact) mass is 524 g/mol. The van der Waals surface area contributed by atoms with E-state index in [-0.39, 0.29) is 5.04 Å². The Balaban J connectivity index is 1.26. The van der Waals surface area contributed by atoms with Gasteiger partial charge in [0.05, 0.1) is 11.4 Å². The summed E-state index contributed by atoms with van der Waals surface area (Å²) in [7, 11) is -1.69. The van der Waals surface area contributed by atoms with Gasteiger partial charge < -0.3 is 4.43 Å². The number of aliphatic imine (C=N–C) groups is 1. The molecule has 0 spiro atoms. The van der Waals surface area contributed by atoms with Gasteiger partial charge in [-0.2, -0.15) is 0 Å². The zero-order chi connectivity index (χ0) is 26.8. The van der Waals surface area contributed by atoms with Gasteiger partial charge in [-0.15, -0.1) is 0 Å². The zero-order valence-corrected chi connectivity index (χ0v) is 24.9. The Morgan fingerprint density at radius 2 is 1.42 bits per heavy atom. The lowest BCUT2D eigenvalue weighted by Crippen LogP contribution is -2.49. The second kappa shape index (κ2) is 11.3. The van der Waals surface area contributed by atoms with Gasteiger partial charge >= 0.3 is 0 Å². The van der Waals surface area contributed by atoms with E-state index in [2.05, 4.69) is 118 Å². The highest BCUT2D eigenvalue weighted by atomic mass is 28.4. The molecule has 1 aliphatic carbocycles. The molecule has 3 nitrogen and oxygen atoms in total. The van der Waals surface area contributed by atoms with E-state index in [9.17, 15) is 0 Å². The van der Waals surface area contributed by atoms with Crippen LogP contribution >= 0.6 is 0 Å². The number of likely N-dealkylation sites (tertiary alicyclic amines) is 1. The molecule has 1 aliphatic heterocycles. The second-order valence-electron chi connectivity index (χ2n) is 12.7. The van der Waals surface area contributed by atoms with Crippen molar-refractivity contribution in [1.29, 1.82) is 0 Å². The highest BCUT2D eigenvalue weighted by molar-refractivity contribution is 6.74. The molecule has 0 N–H and O–H groups in total. The van der Waals surface area contributed by atoms with E-state index in [1.54, 1.807) is 0 Å². The van der Waals surface area contributed by atoms with E-state index in [0.29, 0.717) is 12.1 Å². The molecule has 200 valence electrons. The average molecular weight is 525 g/mol. The minimum atomic E-state index is -1.69. The highest BCUT2D eigenvalue weighted by Gasteiger charge is 2.40. The zero-order valence-electron chi connectivity index (χ0n) is 23.9. The van der Waals surface area contributed by atoms with Gasteiger partial charge in [-0.25, -0.2) is 4.99 Å². The number of piperidine rings is 1. The SMILES string of the molecule is CC(C)(C)[Si](C)(C)OC1CCN(C2CCc3cc(N=C(c4ccccc4)c4ccccc4)ccc3C2)CC1. The summed E-state index contributed by atoms with van der Waals surface area (Å²) in [5, 5.41) is 0.281. The van der Waals surface area contributed by atoms with Crippen LogP contribution in [0.5, 0.6) is 0 Å². The maximum absolute atomic E-state index is 6.74. The van der Waals surface area contributed by atoms with Crippen molar-refractivity contribution in [3.05, 3.63) is 101 Å². The third-order valence-corrected chi connectivity index (χ3v) is 13.5. The molecule has 5 rings (SSSR count). The molecule has 3 aromatic rings. The Hall–Kier alpha value is -2.53. The van der Waals surface area contributed by atoms with E-state index in [0.717, 1.165) is 35.4 Å². The van der Waals surface area contributed by atoms with Crippen molar-refractivity contribution in [1.82, 2.24) is 4.90 Å². The molecule has 1 atom stereocenters. The predicted octanol–water partition coefficient (Wildman–Crippen LogP) is 8.20. The van der Waals surface area contributed by atoms with Gasteiger partial charge in [-0.05, 0) is 73.5 Å². The van der Waals surface area contributed by atoms with E-state index in [4.69, 9.17) is 9.42 Å². The first-order valence-corrected chi connectivity index (χ1v) is 17.3. The molecular formula is C34H44N2OSi. The van der Waals surface area contributed by atoms with E-state index in [1.165, 1.54) is 43.5 Å². The number of nitrogens with zero attached hydrogens (tertiary/aromatic N) is 2. The van der Waals surface area contributed by atoms with E-state index >= 15 is 0 Å². The molecule has 2 aliphatic rings. The fraction of sp³-hybridized carbons (Fsp3) is 0.441. The first-order valence-electron chi connectivity index (χ1n) is 14.4. The third-order valence-electron chi connectivity index (χ3n) is 8.99. The van der Waals surface area contributed by atoms with Gasteiger partial charge in [0.15, 0.2) is 8.32 Å². The van der Waals surface area contributed by atoms with Crippen LogP contribution in [-0.2, 0) is 17.3 Å². The van der Waals surface area contributed by atoms with E-state index in [1.807, 2.05) is 0 Å². The molecule has 0 saturated carbocycles. The first-order chi connectivity index (χ1) is 18.2. The Kier molecular flexibility index (Phi) is 8.04. The van der Waals surface area contributed by atoms with Crippen molar-refractivity contribution in [3.8, 4) is 0 Å². The summed E-state index contributed by atoms with van der Waals surface area (Å²) in [4.78, 5) is 7.91. The largest absolute Gasteiger partial charge is 0.414 e. The van der Waals surface area contributed by atoms with Crippen LogP contribution in [0.25, 0.3) is 0 Å². The summed E-state index contributed by atoms with van der Waals surface area (Å²) in [6.45, 7) is 14.1. The van der Waals surface area contributed by atoms with Gasteiger partial charge in [-0.1, -0.05) is 87.5 Å². The van der Waals surface area contributed by atoms with Crippen molar-refractivity contribution in [3.63, 3.8) is 0 Å². The predicted molar refractivity (Wildman–Crippen MR) is 163 cm³/mol. The van der Waals surface area contributed by atoms with Crippen LogP contribution in [0, 0.1) is 0 Å². The molecule has 1 fully saturated rings. The maximum Gasteiger partial charge on any atom is 0.192 e. The molecule has 4 heteroatoms. The van der Waals surface area contributed by atoms with Gasteiger partial charge in [-0.3, -0.25) is 4.90 Å². The van der Waals surface area contributed by atoms with Crippen molar-refractivity contribution < 1.29 is 4.43 Å². The number of aryl methyl sites for hydroxylation is 1. The molecule has 1 saturated heterocycles. The average Bonchev–Trinajstić information content (AvgIpc) is 2.92. The quantitative estimate of drug-likeness (QED) is 0.240. The number of fused-ring (bicyclic) bond motifs is 1. The molecule has 0 radical (unpaired) electrons. The molecule has 1 unspecified atom stereocenters. The number of benzene rings is 3. The highest BCUT2D eigenvalue weighted by Crippen LogP contribution is 2.39. The third kappa shape index (κ3) is 6.19. The van der Waals surface area contributed by atoms with Crippen LogP contribution in [-0.4, -0.2) is 44.2 Å². The lowest BCUT2D eigenvalue weighted by molar-refractivity contribution is 0.0630. The Morgan fingerprint density at radius 1 is 0.816 bits per heavy atom. The summed E-state index contributed by atoms with van der Waals surface area (Å²) >= 11 is 0. The maximum atomic E-state index is 6.74. The van der Waals surface area contributed by atoms with Crippen molar-refractivity contribution in [2.75, 3.05) is 13.1 Å². The van der Waals surface area contributed by atoms with Crippen LogP contribution in [0.2, 0.25) is 18.1 Å². The summed E-state index contributed by atoms with van der Waals surface area (Å²) < 4.78 is 6.74. The Bertz CT molecular complexity index is 1200. The lowest BCUT2D eigenvalue weighted by atomic mass is 9.86. The summed E-state index contributed by atoms with van der Waals surface area (Å²) in [5.74, 6) is 0. The normalized spacial score (nSPS) is 19.1. The van der Waals surface area contributed by atoms with Gasteiger partial charge in [0.25, 0.3) is 0 Å². The Morgan fingerprint density at radius 3 is 2.00 bits per heavy atom. The molecule has 0 amide bonds. The fourth-order valence-corrected chi connectivity index (χ4v) is 7.10. The fourth-order valence-electron chi connectivity index (χ4n) is 5.67. The van der Waals surface area contributed by atoms with Crippen LogP contribution < -0.4 is 0 Å². The molecule has 3 aromatic carbocycles. The minimum Gasteiger partial charge on any atom is -0.414 e. The van der Waals surface area contributed by atoms with Crippen molar-refractivity contribution in [2.45, 2.75) is 83.2 Å². The molecule has 0 aromatic heterocycles. The Labute approximate surface area is 231 Å². The number of hydrogen-bond acceptors (Lipinski definition) is 3. The smallest absolute Gasteiger partial charge is 0.192 e. The summed E-state index contributed by atoms with van der Waals surface area (Å²) in [5.41, 5.74) is 7.35. The van der Waals surface area contributed by atoms with Crippen LogP contribution in [0.4, 0.5) is 5.69 Å². The van der Waals surface area contributed by atoms with Gasteiger partial charge in [0.1, 0.15) is 0 Å². The minimum absolute atomic E-state index is 0.281. The number of rotatable bonds is 6. The van der Waals surface area contributed by atoms with Gasteiger partial charge in [0, 0.05) is 36.4 Å². The van der Waals surface area contributed by atoms with Crippen molar-refractivity contribution in [2.24, 2.45) is 4.99 Å². The van der Waals surface area contributed by atoms with Gasteiger partial charge in [0.2, 0.25) is 0 Å². The lowest BCUT2D eigenvalue weighted by Gasteiger charge is -2.44. The number of hydrogen-bond donors (Lipinski definition) is 0. The molecule has 38 heavy (non-hydrogen) atoms. The topological polar surface area (TPSA) is 24.8 Å². The molecular weight excluding hydrogens is 480 g/mol. The van der Waals surface area contributed by atoms with Crippen LogP contribution in [0.15, 0.2) is 83.9 Å². The van der Waals surface area contributed by atoms with Crippen LogP contribution in [0.1, 0.15) is 62.3 Å². The van der Waals surface area contributed by atoms with Crippen LogP contribution in [0.3, 0.4) is 0 Å². The second-order valence-corrected chi connectivity index (χ2v) is 17.4.